The molecule has 0 fully saturated rings. The molecule has 6 nitrogen and oxygen atoms in total. The van der Waals surface area contributed by atoms with Gasteiger partial charge in [-0.3, -0.25) is 9.80 Å². The van der Waals surface area contributed by atoms with E-state index in [1.54, 1.807) is 27.6 Å². The minimum atomic E-state index is -0.993. The third-order valence-electron chi connectivity index (χ3n) is 4.75. The van der Waals surface area contributed by atoms with Crippen LogP contribution in [0.2, 0.25) is 0 Å². The molecule has 0 bridgehead atoms. The summed E-state index contributed by atoms with van der Waals surface area (Å²) in [7, 11) is 0. The summed E-state index contributed by atoms with van der Waals surface area (Å²) < 4.78 is 5.68. The summed E-state index contributed by atoms with van der Waals surface area (Å²) in [6.07, 6.45) is 1.06. The molecule has 8 heteroatoms. The van der Waals surface area contributed by atoms with Crippen molar-refractivity contribution < 1.29 is 19.4 Å². The van der Waals surface area contributed by atoms with Crippen LogP contribution < -0.4 is 0 Å². The number of hydrogen-bond donors (Lipinski definition) is 1. The van der Waals surface area contributed by atoms with E-state index >= 15 is 0 Å². The Morgan fingerprint density at radius 2 is 1.67 bits per heavy atom. The smallest absolute Gasteiger partial charge is 0.410 e. The molecular formula is C22H32N2O4S2. The van der Waals surface area contributed by atoms with E-state index in [1.807, 2.05) is 54.4 Å². The van der Waals surface area contributed by atoms with Crippen molar-refractivity contribution in [3.8, 4) is 0 Å². The van der Waals surface area contributed by atoms with E-state index in [2.05, 4.69) is 6.92 Å². The molecular weight excluding hydrogens is 420 g/mol. The van der Waals surface area contributed by atoms with Crippen molar-refractivity contribution in [2.24, 2.45) is 0 Å². The highest BCUT2D eigenvalue weighted by Gasteiger charge is 2.34. The first kappa shape index (κ1) is 24.2. The lowest BCUT2D eigenvalue weighted by Crippen LogP contribution is -2.53. The molecule has 0 radical (unpaired) electrons. The van der Waals surface area contributed by atoms with Crippen molar-refractivity contribution in [3.05, 3.63) is 44.8 Å². The van der Waals surface area contributed by atoms with E-state index in [1.165, 1.54) is 4.90 Å². The second-order valence-corrected chi connectivity index (χ2v) is 9.88. The molecule has 0 aliphatic carbocycles. The molecule has 2 heterocycles. The third kappa shape index (κ3) is 7.32. The molecule has 0 unspecified atom stereocenters. The Morgan fingerprint density at radius 1 is 1.10 bits per heavy atom. The standard InChI is InChI=1S/C22H32N2O4S2/c1-5-6-7-19(24(20(25)26)22(2,3)4)14-28-21(27)23(12-17-8-10-29-15-17)13-18-9-11-30-16-18/h8-11,15-16,19H,5-7,12-14H2,1-4H3,(H,25,26)/t19-/m0/s1. The number of thiophene rings is 2. The molecule has 0 aliphatic heterocycles. The summed E-state index contributed by atoms with van der Waals surface area (Å²) >= 11 is 3.18. The fourth-order valence-electron chi connectivity index (χ4n) is 3.37. The maximum Gasteiger partial charge on any atom is 0.410 e. The fourth-order valence-corrected chi connectivity index (χ4v) is 4.69. The Morgan fingerprint density at radius 3 is 2.07 bits per heavy atom. The molecule has 1 atom stereocenters. The number of amides is 2. The van der Waals surface area contributed by atoms with Crippen LogP contribution in [0.25, 0.3) is 0 Å². The van der Waals surface area contributed by atoms with Crippen molar-refractivity contribution in [3.63, 3.8) is 0 Å². The zero-order chi connectivity index (χ0) is 22.1. The number of carbonyl (C=O) groups is 2. The first-order valence-electron chi connectivity index (χ1n) is 10.2. The number of unbranched alkanes of at least 4 members (excludes halogenated alkanes) is 1. The van der Waals surface area contributed by atoms with Crippen LogP contribution in [-0.2, 0) is 17.8 Å². The van der Waals surface area contributed by atoms with Gasteiger partial charge in [-0.1, -0.05) is 19.8 Å². The van der Waals surface area contributed by atoms with E-state index in [4.69, 9.17) is 4.74 Å². The number of hydrogen-bond acceptors (Lipinski definition) is 5. The molecule has 2 aromatic heterocycles. The van der Waals surface area contributed by atoms with Crippen LogP contribution in [0, 0.1) is 0 Å². The summed E-state index contributed by atoms with van der Waals surface area (Å²) in [5.41, 5.74) is 1.53. The maximum atomic E-state index is 13.0. The fraction of sp³-hybridized carbons (Fsp3) is 0.545. The summed E-state index contributed by atoms with van der Waals surface area (Å²) in [5, 5.41) is 17.8. The van der Waals surface area contributed by atoms with Crippen LogP contribution in [0.15, 0.2) is 33.7 Å². The normalized spacial score (nSPS) is 12.4. The highest BCUT2D eigenvalue weighted by atomic mass is 32.1. The second kappa shape index (κ2) is 11.4. The van der Waals surface area contributed by atoms with E-state index < -0.39 is 17.7 Å². The van der Waals surface area contributed by atoms with Crippen LogP contribution in [0.5, 0.6) is 0 Å². The Bertz CT molecular complexity index is 733. The molecule has 0 spiro atoms. The quantitative estimate of drug-likeness (QED) is 0.460. The summed E-state index contributed by atoms with van der Waals surface area (Å²) in [6, 6.07) is 3.61. The van der Waals surface area contributed by atoms with E-state index in [-0.39, 0.29) is 12.6 Å². The van der Waals surface area contributed by atoms with Crippen molar-refractivity contribution in [2.45, 2.75) is 71.6 Å². The summed E-state index contributed by atoms with van der Waals surface area (Å²) in [4.78, 5) is 28.0. The molecule has 0 saturated carbocycles. The number of ether oxygens (including phenoxy) is 1. The molecule has 2 aromatic rings. The SMILES string of the molecule is CCCC[C@@H](COC(=O)N(Cc1ccsc1)Cc1ccsc1)N(C(=O)O)C(C)(C)C. The lowest BCUT2D eigenvalue weighted by molar-refractivity contribution is 0.0242. The molecule has 0 aromatic carbocycles. The molecule has 1 N–H and O–H groups in total. The van der Waals surface area contributed by atoms with Crippen LogP contribution in [-0.4, -0.2) is 45.3 Å². The minimum absolute atomic E-state index is 0.0478. The van der Waals surface area contributed by atoms with Gasteiger partial charge in [0.05, 0.1) is 19.1 Å². The number of carboxylic acid groups (broad SMARTS) is 1. The lowest BCUT2D eigenvalue weighted by Gasteiger charge is -2.39. The van der Waals surface area contributed by atoms with Gasteiger partial charge in [0.15, 0.2) is 0 Å². The summed E-state index contributed by atoms with van der Waals surface area (Å²) in [5.74, 6) is 0. The Kier molecular flexibility index (Phi) is 9.17. The second-order valence-electron chi connectivity index (χ2n) is 8.32. The van der Waals surface area contributed by atoms with Gasteiger partial charge in [0.2, 0.25) is 0 Å². The minimum Gasteiger partial charge on any atom is -0.465 e. The Balaban J connectivity index is 2.11. The van der Waals surface area contributed by atoms with Gasteiger partial charge in [-0.2, -0.15) is 22.7 Å². The molecule has 0 aliphatic rings. The summed E-state index contributed by atoms with van der Waals surface area (Å²) in [6.45, 7) is 8.62. The van der Waals surface area contributed by atoms with Crippen LogP contribution in [0.1, 0.15) is 58.1 Å². The maximum absolute atomic E-state index is 13.0. The predicted octanol–water partition coefficient (Wildman–Crippen LogP) is 6.29. The van der Waals surface area contributed by atoms with Gasteiger partial charge in [-0.25, -0.2) is 9.59 Å². The van der Waals surface area contributed by atoms with Crippen LogP contribution in [0.3, 0.4) is 0 Å². The lowest BCUT2D eigenvalue weighted by atomic mass is 10.0. The van der Waals surface area contributed by atoms with Gasteiger partial charge in [0, 0.05) is 5.54 Å². The van der Waals surface area contributed by atoms with Gasteiger partial charge in [-0.15, -0.1) is 0 Å². The number of rotatable bonds is 10. The van der Waals surface area contributed by atoms with Crippen molar-refractivity contribution in [1.82, 2.24) is 9.80 Å². The van der Waals surface area contributed by atoms with Gasteiger partial charge in [0.25, 0.3) is 0 Å². The molecule has 30 heavy (non-hydrogen) atoms. The first-order valence-corrected chi connectivity index (χ1v) is 12.1. The number of carbonyl (C=O) groups excluding carboxylic acids is 1. The predicted molar refractivity (Wildman–Crippen MR) is 122 cm³/mol. The molecule has 166 valence electrons. The van der Waals surface area contributed by atoms with Gasteiger partial charge >= 0.3 is 12.2 Å². The van der Waals surface area contributed by atoms with E-state index in [0.29, 0.717) is 19.5 Å². The molecule has 2 rings (SSSR count). The van der Waals surface area contributed by atoms with Crippen molar-refractivity contribution >= 4 is 34.9 Å². The van der Waals surface area contributed by atoms with Gasteiger partial charge in [0.1, 0.15) is 6.61 Å². The largest absolute Gasteiger partial charge is 0.465 e. The first-order chi connectivity index (χ1) is 14.2. The molecule has 2 amide bonds. The molecule has 0 saturated heterocycles. The topological polar surface area (TPSA) is 70.1 Å². The van der Waals surface area contributed by atoms with Gasteiger partial charge in [-0.05, 0) is 72.0 Å². The zero-order valence-corrected chi connectivity index (χ0v) is 19.8. The zero-order valence-electron chi connectivity index (χ0n) is 18.2. The van der Waals surface area contributed by atoms with E-state index in [9.17, 15) is 14.7 Å². The van der Waals surface area contributed by atoms with Crippen LogP contribution >= 0.6 is 22.7 Å². The Hall–Kier alpha value is -2.06. The monoisotopic (exact) mass is 452 g/mol. The Labute approximate surface area is 187 Å². The average molecular weight is 453 g/mol. The van der Waals surface area contributed by atoms with Crippen molar-refractivity contribution in [1.29, 1.82) is 0 Å². The van der Waals surface area contributed by atoms with Gasteiger partial charge < -0.3 is 9.84 Å². The highest BCUT2D eigenvalue weighted by Crippen LogP contribution is 2.22. The third-order valence-corrected chi connectivity index (χ3v) is 6.21. The highest BCUT2D eigenvalue weighted by molar-refractivity contribution is 7.08. The average Bonchev–Trinajstić information content (AvgIpc) is 3.35. The van der Waals surface area contributed by atoms with E-state index in [0.717, 1.165) is 24.0 Å². The number of nitrogens with zero attached hydrogens (tertiary/aromatic N) is 2. The van der Waals surface area contributed by atoms with Crippen molar-refractivity contribution in [2.75, 3.05) is 6.61 Å². The van der Waals surface area contributed by atoms with Crippen LogP contribution in [0.4, 0.5) is 9.59 Å².